The summed E-state index contributed by atoms with van der Waals surface area (Å²) >= 11 is 1.37. The number of carbonyl (C=O) groups excluding carboxylic acids is 1. The molecule has 3 aromatic carbocycles. The number of benzene rings is 3. The Morgan fingerprint density at radius 2 is 1.48 bits per heavy atom. The van der Waals surface area contributed by atoms with Crippen molar-refractivity contribution in [1.82, 2.24) is 0 Å². The minimum absolute atomic E-state index is 0.0200. The van der Waals surface area contributed by atoms with E-state index >= 15 is 0 Å². The third kappa shape index (κ3) is 5.18. The van der Waals surface area contributed by atoms with Crippen LogP contribution in [0.2, 0.25) is 0 Å². The molecule has 0 heterocycles. The van der Waals surface area contributed by atoms with Gasteiger partial charge < -0.3 is 4.90 Å². The summed E-state index contributed by atoms with van der Waals surface area (Å²) in [6.07, 6.45) is 0. The van der Waals surface area contributed by atoms with Crippen LogP contribution >= 0.6 is 11.8 Å². The highest BCUT2D eigenvalue weighted by atomic mass is 32.2. The molecule has 0 aliphatic carbocycles. The van der Waals surface area contributed by atoms with E-state index < -0.39 is 4.92 Å². The van der Waals surface area contributed by atoms with Gasteiger partial charge in [-0.15, -0.1) is 11.8 Å². The van der Waals surface area contributed by atoms with E-state index in [0.29, 0.717) is 6.54 Å². The van der Waals surface area contributed by atoms with Gasteiger partial charge in [0, 0.05) is 22.7 Å². The number of amides is 1. The van der Waals surface area contributed by atoms with Crippen LogP contribution in [0, 0.1) is 10.1 Å². The van der Waals surface area contributed by atoms with E-state index in [0.717, 1.165) is 16.1 Å². The van der Waals surface area contributed by atoms with E-state index in [1.807, 2.05) is 60.7 Å². The monoisotopic (exact) mass is 378 g/mol. The Hall–Kier alpha value is -3.12. The Bertz CT molecular complexity index is 900. The summed E-state index contributed by atoms with van der Waals surface area (Å²) in [7, 11) is 0. The maximum atomic E-state index is 12.9. The summed E-state index contributed by atoms with van der Waals surface area (Å²) in [6, 6.07) is 25.6. The van der Waals surface area contributed by atoms with Gasteiger partial charge in [-0.1, -0.05) is 48.5 Å². The number of nitro benzene ring substituents is 1. The highest BCUT2D eigenvalue weighted by molar-refractivity contribution is 8.00. The molecule has 0 fully saturated rings. The number of hydrogen-bond acceptors (Lipinski definition) is 4. The van der Waals surface area contributed by atoms with Gasteiger partial charge >= 0.3 is 0 Å². The number of hydrogen-bond donors (Lipinski definition) is 0. The molecule has 136 valence electrons. The first kappa shape index (κ1) is 18.7. The summed E-state index contributed by atoms with van der Waals surface area (Å²) in [5.74, 6) is 0.230. The van der Waals surface area contributed by atoms with Crippen molar-refractivity contribution in [1.29, 1.82) is 0 Å². The highest BCUT2D eigenvalue weighted by Gasteiger charge is 2.16. The fourth-order valence-electron chi connectivity index (χ4n) is 2.58. The van der Waals surface area contributed by atoms with Gasteiger partial charge in [0.1, 0.15) is 0 Å². The minimum atomic E-state index is -0.434. The fourth-order valence-corrected chi connectivity index (χ4v) is 3.36. The van der Waals surface area contributed by atoms with Gasteiger partial charge in [-0.2, -0.15) is 0 Å². The third-order valence-electron chi connectivity index (χ3n) is 3.96. The molecule has 0 spiro atoms. The molecular formula is C21H18N2O3S. The molecule has 3 aromatic rings. The molecule has 0 aliphatic rings. The zero-order valence-corrected chi connectivity index (χ0v) is 15.3. The summed E-state index contributed by atoms with van der Waals surface area (Å²) < 4.78 is 0. The Labute approximate surface area is 161 Å². The number of carbonyl (C=O) groups is 1. The van der Waals surface area contributed by atoms with Crippen molar-refractivity contribution >= 4 is 29.0 Å². The van der Waals surface area contributed by atoms with Gasteiger partial charge in [-0.25, -0.2) is 0 Å². The average Bonchev–Trinajstić information content (AvgIpc) is 2.72. The molecule has 5 nitrogen and oxygen atoms in total. The van der Waals surface area contributed by atoms with Crippen molar-refractivity contribution < 1.29 is 9.72 Å². The molecule has 3 rings (SSSR count). The van der Waals surface area contributed by atoms with Gasteiger partial charge in [-0.05, 0) is 29.8 Å². The fraction of sp³-hybridized carbons (Fsp3) is 0.0952. The first-order chi connectivity index (χ1) is 13.1. The van der Waals surface area contributed by atoms with Crippen molar-refractivity contribution in [3.8, 4) is 0 Å². The van der Waals surface area contributed by atoms with Crippen LogP contribution < -0.4 is 4.90 Å². The second-order valence-electron chi connectivity index (χ2n) is 5.84. The second-order valence-corrected chi connectivity index (χ2v) is 6.89. The Morgan fingerprint density at radius 1 is 0.889 bits per heavy atom. The molecule has 0 atom stereocenters. The molecule has 1 amide bonds. The van der Waals surface area contributed by atoms with E-state index in [9.17, 15) is 14.9 Å². The van der Waals surface area contributed by atoms with Crippen molar-refractivity contribution in [3.63, 3.8) is 0 Å². The molecular weight excluding hydrogens is 360 g/mol. The van der Waals surface area contributed by atoms with Crippen molar-refractivity contribution in [2.75, 3.05) is 10.7 Å². The Morgan fingerprint density at radius 3 is 2.07 bits per heavy atom. The van der Waals surface area contributed by atoms with Crippen LogP contribution in [0.3, 0.4) is 0 Å². The van der Waals surface area contributed by atoms with Gasteiger partial charge in [0.05, 0.1) is 17.2 Å². The zero-order chi connectivity index (χ0) is 19.1. The number of thioether (sulfide) groups is 1. The largest absolute Gasteiger partial charge is 0.307 e. The molecule has 0 radical (unpaired) electrons. The Balaban J connectivity index is 1.71. The van der Waals surface area contributed by atoms with Crippen molar-refractivity contribution in [2.24, 2.45) is 0 Å². The molecule has 27 heavy (non-hydrogen) atoms. The lowest BCUT2D eigenvalue weighted by molar-refractivity contribution is -0.384. The maximum Gasteiger partial charge on any atom is 0.269 e. The van der Waals surface area contributed by atoms with Gasteiger partial charge in [0.2, 0.25) is 5.91 Å². The van der Waals surface area contributed by atoms with Gasteiger partial charge in [0.25, 0.3) is 5.69 Å². The molecule has 0 aromatic heterocycles. The van der Waals surface area contributed by atoms with Crippen LogP contribution in [0.1, 0.15) is 5.56 Å². The predicted molar refractivity (Wildman–Crippen MR) is 108 cm³/mol. The lowest BCUT2D eigenvalue weighted by atomic mass is 10.2. The standard InChI is InChI=1S/C21H18N2O3S/c24-21(16-27-20-13-11-19(12-14-20)23(25)26)22(18-9-5-2-6-10-18)15-17-7-3-1-4-8-17/h1-14H,15-16H2. The van der Waals surface area contributed by atoms with Crippen LogP contribution in [0.5, 0.6) is 0 Å². The second kappa shape index (κ2) is 9.00. The predicted octanol–water partition coefficient (Wildman–Crippen LogP) is 4.92. The van der Waals surface area contributed by atoms with Crippen LogP contribution in [0.4, 0.5) is 11.4 Å². The summed E-state index contributed by atoms with van der Waals surface area (Å²) in [6.45, 7) is 0.491. The van der Waals surface area contributed by atoms with E-state index in [2.05, 4.69) is 0 Å². The van der Waals surface area contributed by atoms with E-state index in [1.165, 1.54) is 23.9 Å². The number of rotatable bonds is 7. The van der Waals surface area contributed by atoms with Crippen LogP contribution in [-0.4, -0.2) is 16.6 Å². The number of nitro groups is 1. The highest BCUT2D eigenvalue weighted by Crippen LogP contribution is 2.24. The quantitative estimate of drug-likeness (QED) is 0.332. The number of para-hydroxylation sites is 1. The van der Waals surface area contributed by atoms with Crippen LogP contribution in [0.25, 0.3) is 0 Å². The van der Waals surface area contributed by atoms with Crippen LogP contribution in [0.15, 0.2) is 89.8 Å². The van der Waals surface area contributed by atoms with Crippen molar-refractivity contribution in [2.45, 2.75) is 11.4 Å². The average molecular weight is 378 g/mol. The SMILES string of the molecule is O=C(CSc1ccc([N+](=O)[O-])cc1)N(Cc1ccccc1)c1ccccc1. The smallest absolute Gasteiger partial charge is 0.269 e. The summed E-state index contributed by atoms with van der Waals surface area (Å²) in [5, 5.41) is 10.7. The van der Waals surface area contributed by atoms with E-state index in [4.69, 9.17) is 0 Å². The molecule has 6 heteroatoms. The van der Waals surface area contributed by atoms with Gasteiger partial charge in [0.15, 0.2) is 0 Å². The van der Waals surface area contributed by atoms with E-state index in [-0.39, 0.29) is 17.3 Å². The molecule has 0 aliphatic heterocycles. The lowest BCUT2D eigenvalue weighted by Gasteiger charge is -2.23. The molecule has 0 saturated heterocycles. The van der Waals surface area contributed by atoms with E-state index in [1.54, 1.807) is 17.0 Å². The number of nitrogens with zero attached hydrogens (tertiary/aromatic N) is 2. The summed E-state index contributed by atoms with van der Waals surface area (Å²) in [4.78, 5) is 25.8. The molecule has 0 saturated carbocycles. The number of anilines is 1. The number of non-ortho nitro benzene ring substituents is 1. The Kier molecular flexibility index (Phi) is 6.22. The normalized spacial score (nSPS) is 10.4. The lowest BCUT2D eigenvalue weighted by Crippen LogP contribution is -2.31. The zero-order valence-electron chi connectivity index (χ0n) is 14.5. The maximum absolute atomic E-state index is 12.9. The molecule has 0 bridgehead atoms. The first-order valence-electron chi connectivity index (χ1n) is 8.40. The molecule has 0 N–H and O–H groups in total. The minimum Gasteiger partial charge on any atom is -0.307 e. The first-order valence-corrected chi connectivity index (χ1v) is 9.38. The van der Waals surface area contributed by atoms with Crippen LogP contribution in [-0.2, 0) is 11.3 Å². The molecule has 0 unspecified atom stereocenters. The van der Waals surface area contributed by atoms with Crippen molar-refractivity contribution in [3.05, 3.63) is 101 Å². The summed E-state index contributed by atoms with van der Waals surface area (Å²) in [5.41, 5.74) is 1.94. The third-order valence-corrected chi connectivity index (χ3v) is 4.96. The van der Waals surface area contributed by atoms with Gasteiger partial charge in [-0.3, -0.25) is 14.9 Å². The topological polar surface area (TPSA) is 63.4 Å².